The number of amides is 1. The molecule has 3 rings (SSSR count). The second-order valence-electron chi connectivity index (χ2n) is 6.04. The number of carbonyl (C=O) groups is 1. The normalized spacial score (nSPS) is 14.9. The zero-order chi connectivity index (χ0) is 20.9. The molecular weight excluding hydrogens is 392 g/mol. The summed E-state index contributed by atoms with van der Waals surface area (Å²) in [5.41, 5.74) is -6.47. The molecule has 0 radical (unpaired) electrons. The Hall–Kier alpha value is -2.75. The molecule has 0 spiro atoms. The number of para-hydroxylation sites is 1. The van der Waals surface area contributed by atoms with Gasteiger partial charge in [0.1, 0.15) is 5.75 Å². The molecule has 1 amide bonds. The number of fused-ring (bicyclic) bond motifs is 2. The summed E-state index contributed by atoms with van der Waals surface area (Å²) >= 11 is 0. The number of anilines is 1. The van der Waals surface area contributed by atoms with Crippen molar-refractivity contribution in [3.05, 3.63) is 53.6 Å². The highest BCUT2D eigenvalue weighted by Crippen LogP contribution is 2.52. The molecule has 0 unspecified atom stereocenters. The molecule has 0 aliphatic carbocycles. The first-order valence-corrected chi connectivity index (χ1v) is 8.01. The molecule has 1 aliphatic heterocycles. The van der Waals surface area contributed by atoms with Crippen LogP contribution in [0.4, 0.5) is 32.0 Å². The Balaban J connectivity index is 2.23. The van der Waals surface area contributed by atoms with Gasteiger partial charge in [-0.15, -0.1) is 0 Å². The molecule has 10 heteroatoms. The predicted octanol–water partition coefficient (Wildman–Crippen LogP) is 4.77. The molecule has 28 heavy (non-hydrogen) atoms. The largest absolute Gasteiger partial charge is 0.454 e. The SMILES string of the molecule is CCN1C(=O)c2ccccc2Oc2cc(C(O)(C(F)(F)F)C(F)(F)F)ccc21. The molecule has 1 heterocycles. The number of aliphatic hydroxyl groups is 1. The number of halogens is 6. The van der Waals surface area contributed by atoms with Crippen LogP contribution in [0.15, 0.2) is 42.5 Å². The Kier molecular flexibility index (Phi) is 4.57. The molecule has 150 valence electrons. The van der Waals surface area contributed by atoms with Crippen LogP contribution < -0.4 is 9.64 Å². The number of hydrogen-bond donors (Lipinski definition) is 1. The highest BCUT2D eigenvalue weighted by molar-refractivity contribution is 6.09. The fraction of sp³-hybridized carbons (Fsp3) is 0.278. The van der Waals surface area contributed by atoms with Crippen LogP contribution in [0.25, 0.3) is 0 Å². The standard InChI is InChI=1S/C18H13F6NO3/c1-2-25-12-8-7-10(16(27,17(19,20)21)18(22,23)24)9-14(12)28-13-6-4-3-5-11(13)15(25)26/h3-9,27H,2H2,1H3. The maximum atomic E-state index is 13.2. The van der Waals surface area contributed by atoms with Crippen LogP contribution in [0.1, 0.15) is 22.8 Å². The van der Waals surface area contributed by atoms with Crippen molar-refractivity contribution in [1.82, 2.24) is 0 Å². The minimum absolute atomic E-state index is 0.0147. The number of carbonyl (C=O) groups excluding carboxylic acids is 1. The van der Waals surface area contributed by atoms with Crippen LogP contribution in [0.3, 0.4) is 0 Å². The van der Waals surface area contributed by atoms with Gasteiger partial charge in [-0.2, -0.15) is 26.3 Å². The molecule has 2 aromatic carbocycles. The van der Waals surface area contributed by atoms with E-state index >= 15 is 0 Å². The Morgan fingerprint density at radius 2 is 1.57 bits per heavy atom. The van der Waals surface area contributed by atoms with E-state index in [1.54, 1.807) is 13.0 Å². The van der Waals surface area contributed by atoms with Gasteiger partial charge in [0.05, 0.1) is 11.3 Å². The number of nitrogens with zero attached hydrogens (tertiary/aromatic N) is 1. The monoisotopic (exact) mass is 405 g/mol. The second-order valence-corrected chi connectivity index (χ2v) is 6.04. The number of alkyl halides is 6. The summed E-state index contributed by atoms with van der Waals surface area (Å²) in [6.45, 7) is 1.68. The van der Waals surface area contributed by atoms with Crippen LogP contribution in [0, 0.1) is 0 Å². The van der Waals surface area contributed by atoms with Crippen molar-refractivity contribution in [3.63, 3.8) is 0 Å². The maximum Gasteiger partial charge on any atom is 0.430 e. The average Bonchev–Trinajstić information content (AvgIpc) is 2.72. The molecule has 0 atom stereocenters. The van der Waals surface area contributed by atoms with Gasteiger partial charge in [-0.25, -0.2) is 0 Å². The van der Waals surface area contributed by atoms with E-state index in [0.717, 1.165) is 11.0 Å². The predicted molar refractivity (Wildman–Crippen MR) is 86.3 cm³/mol. The minimum atomic E-state index is -6.03. The molecule has 0 aromatic heterocycles. The van der Waals surface area contributed by atoms with Crippen LogP contribution in [0.5, 0.6) is 11.5 Å². The molecule has 4 nitrogen and oxygen atoms in total. The van der Waals surface area contributed by atoms with E-state index in [0.29, 0.717) is 12.1 Å². The third kappa shape index (κ3) is 2.88. The average molecular weight is 405 g/mol. The first-order chi connectivity index (χ1) is 12.9. The van der Waals surface area contributed by atoms with Gasteiger partial charge in [0, 0.05) is 12.1 Å². The van der Waals surface area contributed by atoms with Gasteiger partial charge >= 0.3 is 12.4 Å². The smallest absolute Gasteiger partial charge is 0.430 e. The first-order valence-electron chi connectivity index (χ1n) is 8.01. The lowest BCUT2D eigenvalue weighted by atomic mass is 9.91. The van der Waals surface area contributed by atoms with Crippen LogP contribution >= 0.6 is 0 Å². The zero-order valence-corrected chi connectivity index (χ0v) is 14.2. The molecule has 0 fully saturated rings. The third-order valence-electron chi connectivity index (χ3n) is 4.39. The van der Waals surface area contributed by atoms with Gasteiger partial charge in [0.15, 0.2) is 5.75 Å². The van der Waals surface area contributed by atoms with Crippen molar-refractivity contribution in [2.75, 3.05) is 11.4 Å². The van der Waals surface area contributed by atoms with Gasteiger partial charge in [-0.1, -0.05) is 18.2 Å². The van der Waals surface area contributed by atoms with E-state index in [2.05, 4.69) is 0 Å². The number of rotatable bonds is 2. The van der Waals surface area contributed by atoms with E-state index in [-0.39, 0.29) is 23.5 Å². The van der Waals surface area contributed by atoms with E-state index < -0.39 is 35.2 Å². The lowest BCUT2D eigenvalue weighted by molar-refractivity contribution is -0.376. The van der Waals surface area contributed by atoms with Gasteiger partial charge in [-0.3, -0.25) is 4.79 Å². The highest BCUT2D eigenvalue weighted by atomic mass is 19.4. The molecule has 1 N–H and O–H groups in total. The summed E-state index contributed by atoms with van der Waals surface area (Å²) in [5.74, 6) is -0.958. The fourth-order valence-corrected chi connectivity index (χ4v) is 2.95. The van der Waals surface area contributed by atoms with E-state index in [1.807, 2.05) is 0 Å². The van der Waals surface area contributed by atoms with Crippen molar-refractivity contribution in [2.45, 2.75) is 24.9 Å². The topological polar surface area (TPSA) is 49.8 Å². The number of ether oxygens (including phenoxy) is 1. The summed E-state index contributed by atoms with van der Waals surface area (Å²) in [7, 11) is 0. The van der Waals surface area contributed by atoms with Crippen molar-refractivity contribution in [2.24, 2.45) is 0 Å². The maximum absolute atomic E-state index is 13.2. The Morgan fingerprint density at radius 3 is 2.14 bits per heavy atom. The van der Waals surface area contributed by atoms with E-state index in [4.69, 9.17) is 4.74 Å². The van der Waals surface area contributed by atoms with Gasteiger partial charge in [0.25, 0.3) is 11.5 Å². The molecule has 2 aromatic rings. The highest BCUT2D eigenvalue weighted by Gasteiger charge is 2.71. The number of benzene rings is 2. The van der Waals surface area contributed by atoms with Crippen LogP contribution in [-0.4, -0.2) is 29.9 Å². The minimum Gasteiger partial charge on any atom is -0.454 e. The van der Waals surface area contributed by atoms with Crippen LogP contribution in [0.2, 0.25) is 0 Å². The summed E-state index contributed by atoms with van der Waals surface area (Å²) < 4.78 is 84.5. The van der Waals surface area contributed by atoms with E-state index in [1.165, 1.54) is 18.2 Å². The molecule has 0 saturated carbocycles. The second kappa shape index (κ2) is 6.40. The van der Waals surface area contributed by atoms with Crippen molar-refractivity contribution in [3.8, 4) is 11.5 Å². The third-order valence-corrected chi connectivity index (χ3v) is 4.39. The molecular formula is C18H13F6NO3. The van der Waals surface area contributed by atoms with Gasteiger partial charge in [-0.05, 0) is 31.2 Å². The molecule has 0 saturated heterocycles. The zero-order valence-electron chi connectivity index (χ0n) is 14.2. The summed E-state index contributed by atoms with van der Waals surface area (Å²) in [6.07, 6.45) is -12.1. The van der Waals surface area contributed by atoms with Gasteiger partial charge < -0.3 is 14.7 Å². The fourth-order valence-electron chi connectivity index (χ4n) is 2.95. The lowest BCUT2D eigenvalue weighted by Crippen LogP contribution is -2.53. The summed E-state index contributed by atoms with van der Waals surface area (Å²) in [5, 5.41) is 9.61. The molecule has 1 aliphatic rings. The Labute approximate surface area is 154 Å². The van der Waals surface area contributed by atoms with Crippen molar-refractivity contribution in [1.29, 1.82) is 0 Å². The summed E-state index contributed by atoms with van der Waals surface area (Å²) in [6, 6.07) is 7.65. The quantitative estimate of drug-likeness (QED) is 0.733. The molecule has 0 bridgehead atoms. The van der Waals surface area contributed by atoms with Crippen molar-refractivity contribution < 1.29 is 41.0 Å². The van der Waals surface area contributed by atoms with Crippen LogP contribution in [-0.2, 0) is 5.60 Å². The Morgan fingerprint density at radius 1 is 0.964 bits per heavy atom. The first kappa shape index (κ1) is 20.0. The lowest BCUT2D eigenvalue weighted by Gasteiger charge is -2.33. The summed E-state index contributed by atoms with van der Waals surface area (Å²) in [4.78, 5) is 13.8. The van der Waals surface area contributed by atoms with Crippen molar-refractivity contribution >= 4 is 11.6 Å². The van der Waals surface area contributed by atoms with Gasteiger partial charge in [0.2, 0.25) is 0 Å². The Bertz CT molecular complexity index is 908. The van der Waals surface area contributed by atoms with E-state index in [9.17, 15) is 36.2 Å². The number of hydrogen-bond acceptors (Lipinski definition) is 3.